The number of carboxylic acids is 1. The molecule has 1 rings (SSSR count). The van der Waals surface area contributed by atoms with Gasteiger partial charge in [-0.15, -0.1) is 11.8 Å². The number of hydrogen-bond acceptors (Lipinski definition) is 5. The van der Waals surface area contributed by atoms with Gasteiger partial charge in [0.1, 0.15) is 11.4 Å². The number of carbonyl (C=O) groups excluding carboxylic acids is 1. The Morgan fingerprint density at radius 3 is 2.79 bits per heavy atom. The fourth-order valence-corrected chi connectivity index (χ4v) is 2.59. The molecule has 0 aromatic heterocycles. The number of thiol groups is 1. The van der Waals surface area contributed by atoms with E-state index in [1.54, 1.807) is 6.92 Å². The highest BCUT2D eigenvalue weighted by Crippen LogP contribution is 2.22. The van der Waals surface area contributed by atoms with E-state index in [2.05, 4.69) is 17.9 Å². The van der Waals surface area contributed by atoms with Crippen molar-refractivity contribution in [3.8, 4) is 0 Å². The molecule has 0 aromatic rings. The molecule has 6 heteroatoms. The van der Waals surface area contributed by atoms with E-state index in [1.807, 2.05) is 0 Å². The molecule has 0 amide bonds. The van der Waals surface area contributed by atoms with E-state index >= 15 is 0 Å². The molecule has 0 aromatic carbocycles. The average Bonchev–Trinajstić information content (AvgIpc) is 2.64. The summed E-state index contributed by atoms with van der Waals surface area (Å²) in [5.74, 6) is -0.0451. The Balaban J connectivity index is 2.49. The van der Waals surface area contributed by atoms with Crippen LogP contribution in [0.4, 0.5) is 0 Å². The molecule has 14 heavy (non-hydrogen) atoms. The monoisotopic (exact) mass is 235 g/mol. The first-order valence-corrected chi connectivity index (χ1v) is 5.99. The topological polar surface area (TPSA) is 66.4 Å². The summed E-state index contributed by atoms with van der Waals surface area (Å²) in [4.78, 5) is 22.2. The zero-order valence-electron chi connectivity index (χ0n) is 7.77. The molecule has 0 bridgehead atoms. The van der Waals surface area contributed by atoms with Crippen LogP contribution in [0, 0.1) is 5.92 Å². The van der Waals surface area contributed by atoms with Crippen LogP contribution in [0.5, 0.6) is 0 Å². The molecule has 1 saturated heterocycles. The van der Waals surface area contributed by atoms with Crippen LogP contribution in [0.1, 0.15) is 6.92 Å². The molecular formula is C8H13NO3S2. The maximum Gasteiger partial charge on any atom is 0.321 e. The molecule has 4 nitrogen and oxygen atoms in total. The van der Waals surface area contributed by atoms with Crippen molar-refractivity contribution >= 4 is 36.1 Å². The molecule has 0 aliphatic carbocycles. The number of Topliss-reactive ketones (excluding diaryl/α,β-unsaturated/α-hetero) is 1. The van der Waals surface area contributed by atoms with Crippen molar-refractivity contribution in [3.05, 3.63) is 0 Å². The second-order valence-electron chi connectivity index (χ2n) is 3.26. The quantitative estimate of drug-likeness (QED) is 0.609. The van der Waals surface area contributed by atoms with Gasteiger partial charge in [-0.2, -0.15) is 12.6 Å². The van der Waals surface area contributed by atoms with Crippen LogP contribution in [-0.4, -0.2) is 39.8 Å². The first kappa shape index (κ1) is 11.9. The van der Waals surface area contributed by atoms with E-state index in [0.29, 0.717) is 11.5 Å². The second-order valence-corrected chi connectivity index (χ2v) is 4.76. The lowest BCUT2D eigenvalue weighted by atomic mass is 10.1. The predicted molar refractivity (Wildman–Crippen MR) is 58.8 cm³/mol. The Hall–Kier alpha value is -0.200. The van der Waals surface area contributed by atoms with Crippen LogP contribution in [0.3, 0.4) is 0 Å². The van der Waals surface area contributed by atoms with Crippen LogP contribution in [0.2, 0.25) is 0 Å². The van der Waals surface area contributed by atoms with Crippen molar-refractivity contribution in [2.45, 2.75) is 18.3 Å². The van der Waals surface area contributed by atoms with E-state index in [1.165, 1.54) is 11.8 Å². The Labute approximate surface area is 92.2 Å². The van der Waals surface area contributed by atoms with Gasteiger partial charge in [0, 0.05) is 11.7 Å². The maximum atomic E-state index is 11.6. The molecule has 0 saturated carbocycles. The van der Waals surface area contributed by atoms with E-state index in [0.717, 1.165) is 0 Å². The van der Waals surface area contributed by atoms with E-state index < -0.39 is 12.0 Å². The average molecular weight is 235 g/mol. The van der Waals surface area contributed by atoms with Gasteiger partial charge in [0.25, 0.3) is 0 Å². The summed E-state index contributed by atoms with van der Waals surface area (Å²) in [6.45, 7) is 1.80. The van der Waals surface area contributed by atoms with Gasteiger partial charge in [-0.05, 0) is 5.75 Å². The molecule has 0 radical (unpaired) electrons. The summed E-state index contributed by atoms with van der Waals surface area (Å²) >= 11 is 5.39. The second kappa shape index (κ2) is 5.04. The molecule has 1 aliphatic rings. The molecule has 2 N–H and O–H groups in total. The van der Waals surface area contributed by atoms with Crippen LogP contribution in [-0.2, 0) is 9.59 Å². The lowest BCUT2D eigenvalue weighted by Gasteiger charge is -2.13. The SMILES string of the molecule is CC(CS)C(=O)C1NC(C(=O)O)CS1. The number of hydrogen-bond donors (Lipinski definition) is 3. The van der Waals surface area contributed by atoms with Gasteiger partial charge in [-0.3, -0.25) is 14.9 Å². The molecule has 80 valence electrons. The lowest BCUT2D eigenvalue weighted by Crippen LogP contribution is -2.41. The van der Waals surface area contributed by atoms with Crippen molar-refractivity contribution in [3.63, 3.8) is 0 Å². The molecule has 3 unspecified atom stereocenters. The van der Waals surface area contributed by atoms with E-state index in [9.17, 15) is 9.59 Å². The Bertz CT molecular complexity index is 247. The Kier molecular flexibility index (Phi) is 4.28. The Morgan fingerprint density at radius 1 is 1.71 bits per heavy atom. The zero-order chi connectivity index (χ0) is 10.7. The third kappa shape index (κ3) is 2.65. The number of nitrogens with one attached hydrogen (secondary N) is 1. The van der Waals surface area contributed by atoms with Crippen molar-refractivity contribution in [1.29, 1.82) is 0 Å². The van der Waals surface area contributed by atoms with Crippen molar-refractivity contribution in [2.75, 3.05) is 11.5 Å². The van der Waals surface area contributed by atoms with E-state index in [-0.39, 0.29) is 17.1 Å². The fourth-order valence-electron chi connectivity index (χ4n) is 1.13. The molecule has 1 aliphatic heterocycles. The van der Waals surface area contributed by atoms with Crippen LogP contribution in [0.15, 0.2) is 0 Å². The third-order valence-corrected chi connectivity index (χ3v) is 3.87. The van der Waals surface area contributed by atoms with Gasteiger partial charge < -0.3 is 5.11 Å². The molecule has 0 spiro atoms. The summed E-state index contributed by atoms with van der Waals surface area (Å²) in [6, 6.07) is -0.596. The fraction of sp³-hybridized carbons (Fsp3) is 0.750. The highest BCUT2D eigenvalue weighted by Gasteiger charge is 2.34. The minimum absolute atomic E-state index is 0.0359. The molecular weight excluding hydrogens is 222 g/mol. The summed E-state index contributed by atoms with van der Waals surface area (Å²) < 4.78 is 0. The first-order valence-electron chi connectivity index (χ1n) is 4.31. The summed E-state index contributed by atoms with van der Waals surface area (Å²) in [7, 11) is 0. The van der Waals surface area contributed by atoms with Gasteiger partial charge in [0.2, 0.25) is 0 Å². The van der Waals surface area contributed by atoms with Gasteiger partial charge in [0.15, 0.2) is 5.78 Å². The number of carbonyl (C=O) groups is 2. The van der Waals surface area contributed by atoms with E-state index in [4.69, 9.17) is 5.11 Å². The third-order valence-electron chi connectivity index (χ3n) is 2.10. The number of aliphatic carboxylic acids is 1. The number of rotatable bonds is 4. The Morgan fingerprint density at radius 2 is 2.36 bits per heavy atom. The van der Waals surface area contributed by atoms with Gasteiger partial charge in [0.05, 0.1) is 0 Å². The number of ketones is 1. The standard InChI is InChI=1S/C8H13NO3S2/c1-4(2-13)6(10)7-9-5(3-14-7)8(11)12/h4-5,7,9,13H,2-3H2,1H3,(H,11,12). The van der Waals surface area contributed by atoms with Crippen molar-refractivity contribution in [1.82, 2.24) is 5.32 Å². The van der Waals surface area contributed by atoms with Gasteiger partial charge in [-0.1, -0.05) is 6.92 Å². The van der Waals surface area contributed by atoms with Crippen LogP contribution < -0.4 is 5.32 Å². The number of carboxylic acid groups (broad SMARTS) is 1. The smallest absolute Gasteiger partial charge is 0.321 e. The largest absolute Gasteiger partial charge is 0.480 e. The zero-order valence-corrected chi connectivity index (χ0v) is 9.48. The summed E-state index contributed by atoms with van der Waals surface area (Å²) in [5.41, 5.74) is 0. The number of thioether (sulfide) groups is 1. The normalized spacial score (nSPS) is 28.7. The van der Waals surface area contributed by atoms with Gasteiger partial charge >= 0.3 is 5.97 Å². The van der Waals surface area contributed by atoms with Crippen LogP contribution in [0.25, 0.3) is 0 Å². The maximum absolute atomic E-state index is 11.6. The van der Waals surface area contributed by atoms with Crippen molar-refractivity contribution in [2.24, 2.45) is 5.92 Å². The van der Waals surface area contributed by atoms with Gasteiger partial charge in [-0.25, -0.2) is 0 Å². The van der Waals surface area contributed by atoms with Crippen molar-refractivity contribution < 1.29 is 14.7 Å². The summed E-state index contributed by atoms with van der Waals surface area (Å²) in [5, 5.41) is 11.1. The first-order chi connectivity index (χ1) is 6.56. The highest BCUT2D eigenvalue weighted by atomic mass is 32.2. The molecule has 3 atom stereocenters. The summed E-state index contributed by atoms with van der Waals surface area (Å²) in [6.07, 6.45) is 0. The highest BCUT2D eigenvalue weighted by molar-refractivity contribution is 8.00. The molecule has 1 heterocycles. The minimum Gasteiger partial charge on any atom is -0.480 e. The van der Waals surface area contributed by atoms with Crippen LogP contribution >= 0.6 is 24.4 Å². The lowest BCUT2D eigenvalue weighted by molar-refractivity contribution is -0.138. The predicted octanol–water partition coefficient (Wildman–Crippen LogP) is 0.237. The molecule has 1 fully saturated rings. The minimum atomic E-state index is -0.897.